The molecular formula is C27H16F2O2. The van der Waals surface area contributed by atoms with Crippen molar-refractivity contribution in [1.82, 2.24) is 0 Å². The van der Waals surface area contributed by atoms with Gasteiger partial charge >= 0.3 is 0 Å². The van der Waals surface area contributed by atoms with E-state index in [1.54, 1.807) is 84.9 Å². The zero-order valence-electron chi connectivity index (χ0n) is 16.3. The molecule has 5 aromatic rings. The predicted molar refractivity (Wildman–Crippen MR) is 117 cm³/mol. The molecule has 0 unspecified atom stereocenters. The Kier molecular flexibility index (Phi) is 4.68. The molecule has 0 spiro atoms. The minimum atomic E-state index is -0.315. The van der Waals surface area contributed by atoms with Crippen molar-refractivity contribution in [3.63, 3.8) is 0 Å². The molecule has 0 aliphatic carbocycles. The van der Waals surface area contributed by atoms with Gasteiger partial charge in [-0.25, -0.2) is 8.78 Å². The summed E-state index contributed by atoms with van der Waals surface area (Å²) >= 11 is 0. The van der Waals surface area contributed by atoms with Crippen LogP contribution in [0.2, 0.25) is 0 Å². The number of furan rings is 1. The summed E-state index contributed by atoms with van der Waals surface area (Å²) in [6.07, 6.45) is 0. The molecule has 0 amide bonds. The van der Waals surface area contributed by atoms with Gasteiger partial charge in [0.2, 0.25) is 5.78 Å². The molecule has 5 rings (SSSR count). The van der Waals surface area contributed by atoms with Crippen molar-refractivity contribution >= 4 is 16.8 Å². The minimum absolute atomic E-state index is 0.194. The van der Waals surface area contributed by atoms with Gasteiger partial charge in [-0.3, -0.25) is 4.79 Å². The molecule has 1 heterocycles. The highest BCUT2D eigenvalue weighted by molar-refractivity contribution is 6.09. The van der Waals surface area contributed by atoms with Crippen LogP contribution in [0.25, 0.3) is 33.2 Å². The fourth-order valence-electron chi connectivity index (χ4n) is 3.66. The summed E-state index contributed by atoms with van der Waals surface area (Å²) in [5.74, 6) is -0.704. The van der Waals surface area contributed by atoms with Gasteiger partial charge in [0.05, 0.1) is 0 Å². The lowest BCUT2D eigenvalue weighted by molar-refractivity contribution is 0.101. The summed E-state index contributed by atoms with van der Waals surface area (Å²) in [5, 5.41) is 0.715. The Morgan fingerprint density at radius 3 is 1.87 bits per heavy atom. The molecule has 0 fully saturated rings. The zero-order chi connectivity index (χ0) is 21.4. The monoisotopic (exact) mass is 410 g/mol. The maximum atomic E-state index is 14.1. The molecule has 150 valence electrons. The van der Waals surface area contributed by atoms with E-state index in [2.05, 4.69) is 0 Å². The number of rotatable bonds is 4. The van der Waals surface area contributed by atoms with Crippen molar-refractivity contribution in [2.24, 2.45) is 0 Å². The molecule has 1 aromatic heterocycles. The standard InChI is InChI=1S/C27H16F2O2/c28-23-7-3-1-5-21(23)17-9-11-18(12-10-17)27(30)26-16-20-15-19(13-14-25(20)31-26)22-6-2-4-8-24(22)29/h1-16H. The van der Waals surface area contributed by atoms with Crippen LogP contribution in [0.4, 0.5) is 8.78 Å². The first kappa shape index (κ1) is 18.9. The summed E-state index contributed by atoms with van der Waals surface area (Å²) in [4.78, 5) is 12.9. The van der Waals surface area contributed by atoms with Gasteiger partial charge in [0.15, 0.2) is 5.76 Å². The van der Waals surface area contributed by atoms with Crippen LogP contribution in [0, 0.1) is 11.6 Å². The first-order valence-electron chi connectivity index (χ1n) is 9.78. The maximum Gasteiger partial charge on any atom is 0.228 e. The highest BCUT2D eigenvalue weighted by atomic mass is 19.1. The Hall–Kier alpha value is -4.05. The second kappa shape index (κ2) is 7.65. The van der Waals surface area contributed by atoms with Gasteiger partial charge in [0.1, 0.15) is 17.2 Å². The lowest BCUT2D eigenvalue weighted by Crippen LogP contribution is -1.99. The third kappa shape index (κ3) is 3.53. The number of benzene rings is 4. The minimum Gasteiger partial charge on any atom is -0.453 e. The third-order valence-electron chi connectivity index (χ3n) is 5.26. The molecule has 0 saturated heterocycles. The van der Waals surface area contributed by atoms with Gasteiger partial charge in [-0.1, -0.05) is 66.7 Å². The number of carbonyl (C=O) groups is 1. The van der Waals surface area contributed by atoms with E-state index >= 15 is 0 Å². The smallest absolute Gasteiger partial charge is 0.228 e. The second-order valence-electron chi connectivity index (χ2n) is 7.23. The van der Waals surface area contributed by atoms with Gasteiger partial charge < -0.3 is 4.42 Å². The molecule has 2 nitrogen and oxygen atoms in total. The average molecular weight is 410 g/mol. The quantitative estimate of drug-likeness (QED) is 0.292. The Morgan fingerprint density at radius 1 is 0.645 bits per heavy atom. The van der Waals surface area contributed by atoms with Crippen molar-refractivity contribution in [3.05, 3.63) is 120 Å². The van der Waals surface area contributed by atoms with E-state index in [1.165, 1.54) is 12.1 Å². The molecule has 0 bridgehead atoms. The van der Waals surface area contributed by atoms with E-state index in [4.69, 9.17) is 4.42 Å². The van der Waals surface area contributed by atoms with Gasteiger partial charge in [0.25, 0.3) is 0 Å². The largest absolute Gasteiger partial charge is 0.453 e. The Bertz CT molecular complexity index is 1420. The molecule has 0 aliphatic rings. The summed E-state index contributed by atoms with van der Waals surface area (Å²) in [6.45, 7) is 0. The van der Waals surface area contributed by atoms with Crippen LogP contribution in [-0.2, 0) is 0 Å². The number of hydrogen-bond donors (Lipinski definition) is 0. The Balaban J connectivity index is 1.46. The topological polar surface area (TPSA) is 30.2 Å². The predicted octanol–water partition coefficient (Wildman–Crippen LogP) is 7.28. The molecule has 0 N–H and O–H groups in total. The Morgan fingerprint density at radius 2 is 1.23 bits per heavy atom. The van der Waals surface area contributed by atoms with Crippen molar-refractivity contribution < 1.29 is 18.0 Å². The number of hydrogen-bond acceptors (Lipinski definition) is 2. The van der Waals surface area contributed by atoms with E-state index < -0.39 is 0 Å². The normalized spacial score (nSPS) is 11.0. The van der Waals surface area contributed by atoms with Gasteiger partial charge in [0, 0.05) is 22.1 Å². The number of fused-ring (bicyclic) bond motifs is 1. The fraction of sp³-hybridized carbons (Fsp3) is 0. The van der Waals surface area contributed by atoms with E-state index in [-0.39, 0.29) is 23.2 Å². The average Bonchev–Trinajstić information content (AvgIpc) is 3.23. The van der Waals surface area contributed by atoms with Crippen LogP contribution in [0.5, 0.6) is 0 Å². The molecule has 0 aliphatic heterocycles. The summed E-state index contributed by atoms with van der Waals surface area (Å²) in [6, 6.07) is 26.7. The fourth-order valence-corrected chi connectivity index (χ4v) is 3.66. The first-order valence-corrected chi connectivity index (χ1v) is 9.78. The third-order valence-corrected chi connectivity index (χ3v) is 5.26. The van der Waals surface area contributed by atoms with Gasteiger partial charge in [-0.15, -0.1) is 0 Å². The first-order chi connectivity index (χ1) is 15.1. The lowest BCUT2D eigenvalue weighted by Gasteiger charge is -2.04. The Labute approximate surface area is 177 Å². The SMILES string of the molecule is O=C(c1ccc(-c2ccccc2F)cc1)c1cc2cc(-c3ccccc3F)ccc2o1. The number of ketones is 1. The van der Waals surface area contributed by atoms with Crippen molar-refractivity contribution in [2.75, 3.05) is 0 Å². The van der Waals surface area contributed by atoms with Crippen LogP contribution in [-0.4, -0.2) is 5.78 Å². The molecule has 0 saturated carbocycles. The molecule has 4 heteroatoms. The van der Waals surface area contributed by atoms with E-state index in [9.17, 15) is 13.6 Å². The van der Waals surface area contributed by atoms with Gasteiger partial charge in [-0.2, -0.15) is 0 Å². The maximum absolute atomic E-state index is 14.1. The molecule has 31 heavy (non-hydrogen) atoms. The van der Waals surface area contributed by atoms with E-state index in [0.717, 1.165) is 0 Å². The molecule has 0 atom stereocenters. The van der Waals surface area contributed by atoms with Crippen LogP contribution in [0.1, 0.15) is 16.1 Å². The van der Waals surface area contributed by atoms with Crippen molar-refractivity contribution in [3.8, 4) is 22.3 Å². The van der Waals surface area contributed by atoms with E-state index in [1.807, 2.05) is 0 Å². The summed E-state index contributed by atoms with van der Waals surface area (Å²) in [5.41, 5.74) is 3.35. The highest BCUT2D eigenvalue weighted by Crippen LogP contribution is 2.29. The molecule has 4 aromatic carbocycles. The number of carbonyl (C=O) groups excluding carboxylic acids is 1. The van der Waals surface area contributed by atoms with Crippen LogP contribution in [0.3, 0.4) is 0 Å². The van der Waals surface area contributed by atoms with Crippen LogP contribution >= 0.6 is 0 Å². The summed E-state index contributed by atoms with van der Waals surface area (Å²) < 4.78 is 33.8. The van der Waals surface area contributed by atoms with Crippen molar-refractivity contribution in [1.29, 1.82) is 0 Å². The van der Waals surface area contributed by atoms with Crippen LogP contribution < -0.4 is 0 Å². The molecular weight excluding hydrogens is 394 g/mol. The molecule has 0 radical (unpaired) electrons. The summed E-state index contributed by atoms with van der Waals surface area (Å²) in [7, 11) is 0. The van der Waals surface area contributed by atoms with Crippen molar-refractivity contribution in [2.45, 2.75) is 0 Å². The van der Waals surface area contributed by atoms with Gasteiger partial charge in [-0.05, 0) is 41.5 Å². The second-order valence-corrected chi connectivity index (χ2v) is 7.23. The van der Waals surface area contributed by atoms with Crippen LogP contribution in [0.15, 0.2) is 101 Å². The zero-order valence-corrected chi connectivity index (χ0v) is 16.3. The highest BCUT2D eigenvalue weighted by Gasteiger charge is 2.16. The lowest BCUT2D eigenvalue weighted by atomic mass is 10.0. The van der Waals surface area contributed by atoms with E-state index in [0.29, 0.717) is 38.8 Å². The number of halogens is 2.